The van der Waals surface area contributed by atoms with Crippen molar-refractivity contribution in [3.63, 3.8) is 0 Å². The number of pyridine rings is 1. The summed E-state index contributed by atoms with van der Waals surface area (Å²) in [7, 11) is 0. The van der Waals surface area contributed by atoms with E-state index in [2.05, 4.69) is 15.2 Å². The van der Waals surface area contributed by atoms with Crippen molar-refractivity contribution in [2.75, 3.05) is 0 Å². The van der Waals surface area contributed by atoms with Crippen molar-refractivity contribution in [3.05, 3.63) is 46.2 Å². The van der Waals surface area contributed by atoms with Gasteiger partial charge >= 0.3 is 0 Å². The molecule has 0 saturated heterocycles. The molecule has 1 saturated carbocycles. The maximum Gasteiger partial charge on any atom is 0.184 e. The highest BCUT2D eigenvalue weighted by Crippen LogP contribution is 2.44. The van der Waals surface area contributed by atoms with Crippen molar-refractivity contribution in [1.29, 1.82) is 0 Å². The van der Waals surface area contributed by atoms with Gasteiger partial charge in [-0.1, -0.05) is 60.0 Å². The number of fused-ring (bicyclic) bond motifs is 1. The van der Waals surface area contributed by atoms with Gasteiger partial charge in [-0.05, 0) is 18.4 Å². The second-order valence-electron chi connectivity index (χ2n) is 5.42. The molecule has 0 spiro atoms. The number of H-pyrrole nitrogens is 1. The van der Waals surface area contributed by atoms with E-state index in [0.717, 1.165) is 22.2 Å². The molecule has 0 radical (unpaired) electrons. The number of halogens is 2. The van der Waals surface area contributed by atoms with Crippen molar-refractivity contribution < 1.29 is 0 Å². The van der Waals surface area contributed by atoms with E-state index in [1.807, 2.05) is 30.3 Å². The molecule has 5 heteroatoms. The molecule has 0 unspecified atom stereocenters. The number of hydrogen-bond donors (Lipinski definition) is 1. The zero-order valence-electron chi connectivity index (χ0n) is 11.2. The van der Waals surface area contributed by atoms with E-state index in [0.29, 0.717) is 21.7 Å². The third-order valence-corrected chi connectivity index (χ3v) is 4.85. The van der Waals surface area contributed by atoms with Crippen molar-refractivity contribution in [1.82, 2.24) is 15.2 Å². The highest BCUT2D eigenvalue weighted by Gasteiger charge is 2.27. The molecule has 0 bridgehead atoms. The number of nitrogens with zero attached hydrogens (tertiary/aromatic N) is 2. The summed E-state index contributed by atoms with van der Waals surface area (Å²) >= 11 is 13.0. The van der Waals surface area contributed by atoms with E-state index in [9.17, 15) is 0 Å². The van der Waals surface area contributed by atoms with Crippen LogP contribution in [0, 0.1) is 0 Å². The van der Waals surface area contributed by atoms with Crippen LogP contribution in [0.4, 0.5) is 0 Å². The summed E-state index contributed by atoms with van der Waals surface area (Å²) in [4.78, 5) is 4.41. The van der Waals surface area contributed by atoms with Gasteiger partial charge in [0.2, 0.25) is 0 Å². The second kappa shape index (κ2) is 5.00. The third kappa shape index (κ3) is 2.03. The molecule has 1 aromatic carbocycles. The first-order valence-corrected chi connectivity index (χ1v) is 7.79. The van der Waals surface area contributed by atoms with Gasteiger partial charge in [-0.15, -0.1) is 0 Å². The zero-order valence-corrected chi connectivity index (χ0v) is 12.7. The van der Waals surface area contributed by atoms with E-state index in [4.69, 9.17) is 23.2 Å². The predicted octanol–water partition coefficient (Wildman–Crippen LogP) is 5.20. The fraction of sp³-hybridized carbons (Fsp3) is 0.250. The Morgan fingerprint density at radius 3 is 2.52 bits per heavy atom. The molecule has 4 rings (SSSR count). The highest BCUT2D eigenvalue weighted by molar-refractivity contribution is 6.42. The lowest BCUT2D eigenvalue weighted by molar-refractivity contribution is 0.413. The SMILES string of the molecule is Clc1nc2n[nH]c(C3CCC3)c2c(Cl)c1-c1ccccc1. The average molecular weight is 318 g/mol. The minimum Gasteiger partial charge on any atom is -0.279 e. The van der Waals surface area contributed by atoms with E-state index in [1.165, 1.54) is 19.3 Å². The van der Waals surface area contributed by atoms with E-state index in [-0.39, 0.29) is 0 Å². The van der Waals surface area contributed by atoms with Crippen LogP contribution >= 0.6 is 23.2 Å². The van der Waals surface area contributed by atoms with Crippen LogP contribution in [0.25, 0.3) is 22.2 Å². The van der Waals surface area contributed by atoms with Crippen LogP contribution in [0.1, 0.15) is 30.9 Å². The van der Waals surface area contributed by atoms with Gasteiger partial charge in [0.25, 0.3) is 0 Å². The third-order valence-electron chi connectivity index (χ3n) is 4.20. The van der Waals surface area contributed by atoms with Crippen molar-refractivity contribution >= 4 is 34.2 Å². The molecule has 2 heterocycles. The summed E-state index contributed by atoms with van der Waals surface area (Å²) < 4.78 is 0. The summed E-state index contributed by atoms with van der Waals surface area (Å²) in [5.74, 6) is 0.513. The Kier molecular flexibility index (Phi) is 3.12. The first kappa shape index (κ1) is 13.1. The van der Waals surface area contributed by atoms with Crippen LogP contribution in [0.2, 0.25) is 10.2 Å². The van der Waals surface area contributed by atoms with Crippen LogP contribution < -0.4 is 0 Å². The molecule has 106 valence electrons. The Morgan fingerprint density at radius 2 is 1.86 bits per heavy atom. The number of nitrogens with one attached hydrogen (secondary N) is 1. The molecule has 3 aromatic rings. The molecule has 1 fully saturated rings. The molecule has 1 aliphatic carbocycles. The Bertz CT molecular complexity index is 807. The molecule has 0 atom stereocenters. The van der Waals surface area contributed by atoms with Gasteiger partial charge in [-0.2, -0.15) is 5.10 Å². The number of aromatic nitrogens is 3. The summed E-state index contributed by atoms with van der Waals surface area (Å²) in [6.07, 6.45) is 3.61. The normalized spacial score (nSPS) is 15.3. The van der Waals surface area contributed by atoms with Gasteiger partial charge in [-0.25, -0.2) is 4.98 Å². The van der Waals surface area contributed by atoms with Crippen LogP contribution in [0.15, 0.2) is 30.3 Å². The molecule has 0 amide bonds. The van der Waals surface area contributed by atoms with Gasteiger partial charge in [0.05, 0.1) is 10.4 Å². The predicted molar refractivity (Wildman–Crippen MR) is 85.9 cm³/mol. The van der Waals surface area contributed by atoms with Gasteiger partial charge in [0.15, 0.2) is 5.65 Å². The van der Waals surface area contributed by atoms with Crippen molar-refractivity contribution in [3.8, 4) is 11.1 Å². The summed E-state index contributed by atoms with van der Waals surface area (Å²) in [5, 5.41) is 9.34. The maximum atomic E-state index is 6.67. The first-order chi connectivity index (χ1) is 10.3. The monoisotopic (exact) mass is 317 g/mol. The van der Waals surface area contributed by atoms with Gasteiger partial charge in [0.1, 0.15) is 5.15 Å². The standard InChI is InChI=1S/C16H13Cl2N3/c17-13-11(9-5-2-1-3-6-9)15(18)19-16-12(13)14(20-21-16)10-7-4-8-10/h1-3,5-6,10H,4,7-8H2,(H,19,20,21). The average Bonchev–Trinajstić information content (AvgIpc) is 2.82. The van der Waals surface area contributed by atoms with Crippen molar-refractivity contribution in [2.24, 2.45) is 0 Å². The lowest BCUT2D eigenvalue weighted by Gasteiger charge is -2.24. The van der Waals surface area contributed by atoms with E-state index in [1.54, 1.807) is 0 Å². The molecule has 21 heavy (non-hydrogen) atoms. The Hall–Kier alpha value is -1.58. The van der Waals surface area contributed by atoms with E-state index >= 15 is 0 Å². The molecule has 1 aliphatic rings. The number of hydrogen-bond acceptors (Lipinski definition) is 2. The minimum atomic E-state index is 0.394. The summed E-state index contributed by atoms with van der Waals surface area (Å²) in [5.41, 5.74) is 3.46. The number of aromatic amines is 1. The van der Waals surface area contributed by atoms with Gasteiger partial charge in [-0.3, -0.25) is 5.10 Å². The fourth-order valence-electron chi connectivity index (χ4n) is 2.85. The smallest absolute Gasteiger partial charge is 0.184 e. The first-order valence-electron chi connectivity index (χ1n) is 7.04. The Balaban J connectivity index is 1.99. The maximum absolute atomic E-state index is 6.67. The second-order valence-corrected chi connectivity index (χ2v) is 6.16. The minimum absolute atomic E-state index is 0.394. The Morgan fingerprint density at radius 1 is 1.10 bits per heavy atom. The van der Waals surface area contributed by atoms with Gasteiger partial charge in [0, 0.05) is 17.2 Å². The number of rotatable bonds is 2. The molecule has 2 aromatic heterocycles. The van der Waals surface area contributed by atoms with Crippen LogP contribution in [0.5, 0.6) is 0 Å². The quantitative estimate of drug-likeness (QED) is 0.660. The lowest BCUT2D eigenvalue weighted by Crippen LogP contribution is -2.09. The molecular weight excluding hydrogens is 305 g/mol. The van der Waals surface area contributed by atoms with E-state index < -0.39 is 0 Å². The van der Waals surface area contributed by atoms with Crippen molar-refractivity contribution in [2.45, 2.75) is 25.2 Å². The summed E-state index contributed by atoms with van der Waals surface area (Å²) in [6, 6.07) is 9.88. The Labute approximate surface area is 132 Å². The van der Waals surface area contributed by atoms with Gasteiger partial charge < -0.3 is 0 Å². The molecule has 0 aliphatic heterocycles. The summed E-state index contributed by atoms with van der Waals surface area (Å²) in [6.45, 7) is 0. The highest BCUT2D eigenvalue weighted by atomic mass is 35.5. The molecular formula is C16H13Cl2N3. The van der Waals surface area contributed by atoms with Crippen LogP contribution in [0.3, 0.4) is 0 Å². The molecule has 1 N–H and O–H groups in total. The lowest BCUT2D eigenvalue weighted by atomic mass is 9.82. The largest absolute Gasteiger partial charge is 0.279 e. The number of benzene rings is 1. The fourth-order valence-corrected chi connectivity index (χ4v) is 3.57. The molecule has 3 nitrogen and oxygen atoms in total. The topological polar surface area (TPSA) is 41.6 Å². The van der Waals surface area contributed by atoms with Crippen LogP contribution in [-0.2, 0) is 0 Å². The van der Waals surface area contributed by atoms with Crippen LogP contribution in [-0.4, -0.2) is 15.2 Å². The zero-order chi connectivity index (χ0) is 14.4.